The highest BCUT2D eigenvalue weighted by Gasteiger charge is 2.26. The molecule has 1 heterocycles. The van der Waals surface area contributed by atoms with Gasteiger partial charge in [-0.05, 0) is 35.7 Å². The molecule has 5 nitrogen and oxygen atoms in total. The van der Waals surface area contributed by atoms with E-state index in [2.05, 4.69) is 11.4 Å². The number of hydrogen-bond acceptors (Lipinski definition) is 5. The van der Waals surface area contributed by atoms with Crippen molar-refractivity contribution in [2.24, 2.45) is 0 Å². The summed E-state index contributed by atoms with van der Waals surface area (Å²) in [5, 5.41) is 13.3. The Hall–Kier alpha value is -2.40. The third-order valence-electron chi connectivity index (χ3n) is 4.26. The average molecular weight is 315 g/mol. The second-order valence-electron chi connectivity index (χ2n) is 5.44. The summed E-state index contributed by atoms with van der Waals surface area (Å²) in [7, 11) is 4.86. The van der Waals surface area contributed by atoms with Crippen LogP contribution in [0.2, 0.25) is 0 Å². The van der Waals surface area contributed by atoms with Gasteiger partial charge in [-0.25, -0.2) is 0 Å². The van der Waals surface area contributed by atoms with E-state index in [-0.39, 0.29) is 11.8 Å². The van der Waals surface area contributed by atoms with Crippen LogP contribution in [0.15, 0.2) is 30.3 Å². The van der Waals surface area contributed by atoms with Gasteiger partial charge < -0.3 is 24.6 Å². The third kappa shape index (κ3) is 2.68. The molecular weight excluding hydrogens is 294 g/mol. The minimum absolute atomic E-state index is 0.0213. The summed E-state index contributed by atoms with van der Waals surface area (Å²) in [5.74, 6) is 2.15. The SMILES string of the molecule is COc1cc(C2NCCc3c2ccc(OC)c3OC)ccc1O. The van der Waals surface area contributed by atoms with E-state index in [1.165, 1.54) is 0 Å². The fourth-order valence-electron chi connectivity index (χ4n) is 3.16. The van der Waals surface area contributed by atoms with Crippen LogP contribution >= 0.6 is 0 Å². The Morgan fingerprint density at radius 2 is 1.78 bits per heavy atom. The maximum atomic E-state index is 9.80. The van der Waals surface area contributed by atoms with Crippen LogP contribution in [0.4, 0.5) is 0 Å². The maximum Gasteiger partial charge on any atom is 0.164 e. The number of methoxy groups -OCH3 is 3. The molecule has 2 aromatic carbocycles. The fraction of sp³-hybridized carbons (Fsp3) is 0.333. The van der Waals surface area contributed by atoms with Crippen LogP contribution in [0, 0.1) is 0 Å². The summed E-state index contributed by atoms with van der Waals surface area (Å²) in [6.07, 6.45) is 0.876. The van der Waals surface area contributed by atoms with Crippen molar-refractivity contribution < 1.29 is 19.3 Å². The first-order valence-corrected chi connectivity index (χ1v) is 7.53. The predicted molar refractivity (Wildman–Crippen MR) is 87.8 cm³/mol. The zero-order valence-electron chi connectivity index (χ0n) is 13.6. The maximum absolute atomic E-state index is 9.80. The molecule has 122 valence electrons. The molecular formula is C18H21NO4. The molecule has 1 aliphatic rings. The van der Waals surface area contributed by atoms with Gasteiger partial charge in [-0.15, -0.1) is 0 Å². The molecule has 0 bridgehead atoms. The molecule has 0 aromatic heterocycles. The molecule has 23 heavy (non-hydrogen) atoms. The standard InChI is InChI=1S/C18H21NO4/c1-21-15-7-5-12-13(18(15)23-3)8-9-19-17(12)11-4-6-14(20)16(10-11)22-2/h4-7,10,17,19-20H,8-9H2,1-3H3. The molecule has 1 unspecified atom stereocenters. The van der Waals surface area contributed by atoms with Gasteiger partial charge in [-0.3, -0.25) is 0 Å². The summed E-state index contributed by atoms with van der Waals surface area (Å²) >= 11 is 0. The van der Waals surface area contributed by atoms with Gasteiger partial charge in [-0.1, -0.05) is 12.1 Å². The number of benzene rings is 2. The second-order valence-corrected chi connectivity index (χ2v) is 5.44. The summed E-state index contributed by atoms with van der Waals surface area (Å²) in [4.78, 5) is 0. The predicted octanol–water partition coefficient (Wildman–Crippen LogP) is 2.65. The number of phenolic OH excluding ortho intramolecular Hbond substituents is 1. The van der Waals surface area contributed by atoms with Crippen molar-refractivity contribution in [3.05, 3.63) is 47.0 Å². The molecule has 0 fully saturated rings. The van der Waals surface area contributed by atoms with E-state index in [1.54, 1.807) is 27.4 Å². The molecule has 1 aliphatic heterocycles. The molecule has 2 aromatic rings. The van der Waals surface area contributed by atoms with Gasteiger partial charge >= 0.3 is 0 Å². The van der Waals surface area contributed by atoms with Gasteiger partial charge in [0.1, 0.15) is 0 Å². The lowest BCUT2D eigenvalue weighted by Gasteiger charge is -2.29. The third-order valence-corrected chi connectivity index (χ3v) is 4.26. The summed E-state index contributed by atoms with van der Waals surface area (Å²) < 4.78 is 16.2. The first-order valence-electron chi connectivity index (χ1n) is 7.53. The molecule has 0 saturated heterocycles. The zero-order chi connectivity index (χ0) is 16.4. The van der Waals surface area contributed by atoms with Crippen LogP contribution in [0.1, 0.15) is 22.7 Å². The van der Waals surface area contributed by atoms with Crippen molar-refractivity contribution in [3.8, 4) is 23.0 Å². The highest BCUT2D eigenvalue weighted by atomic mass is 16.5. The van der Waals surface area contributed by atoms with Crippen LogP contribution in [0.3, 0.4) is 0 Å². The number of fused-ring (bicyclic) bond motifs is 1. The zero-order valence-corrected chi connectivity index (χ0v) is 13.6. The summed E-state index contributed by atoms with van der Waals surface area (Å²) in [6, 6.07) is 9.43. The molecule has 3 rings (SSSR count). The van der Waals surface area contributed by atoms with E-state index < -0.39 is 0 Å². The number of ether oxygens (including phenoxy) is 3. The van der Waals surface area contributed by atoms with Gasteiger partial charge in [0.05, 0.1) is 27.4 Å². The molecule has 5 heteroatoms. The monoisotopic (exact) mass is 315 g/mol. The Labute approximate surface area is 135 Å². The smallest absolute Gasteiger partial charge is 0.164 e. The van der Waals surface area contributed by atoms with Gasteiger partial charge in [0.25, 0.3) is 0 Å². The number of rotatable bonds is 4. The van der Waals surface area contributed by atoms with Gasteiger partial charge in [-0.2, -0.15) is 0 Å². The van der Waals surface area contributed by atoms with E-state index >= 15 is 0 Å². The van der Waals surface area contributed by atoms with Crippen molar-refractivity contribution in [2.45, 2.75) is 12.5 Å². The van der Waals surface area contributed by atoms with Crippen LogP contribution in [0.5, 0.6) is 23.0 Å². The quantitative estimate of drug-likeness (QED) is 0.908. The minimum Gasteiger partial charge on any atom is -0.504 e. The first kappa shape index (κ1) is 15.5. The number of hydrogen-bond donors (Lipinski definition) is 2. The van der Waals surface area contributed by atoms with E-state index in [1.807, 2.05) is 18.2 Å². The van der Waals surface area contributed by atoms with Crippen molar-refractivity contribution >= 4 is 0 Å². The Morgan fingerprint density at radius 1 is 1.00 bits per heavy atom. The largest absolute Gasteiger partial charge is 0.504 e. The number of phenols is 1. The van der Waals surface area contributed by atoms with Crippen LogP contribution in [-0.4, -0.2) is 33.0 Å². The lowest BCUT2D eigenvalue weighted by Crippen LogP contribution is -2.31. The van der Waals surface area contributed by atoms with Crippen molar-refractivity contribution in [2.75, 3.05) is 27.9 Å². The van der Waals surface area contributed by atoms with Crippen LogP contribution in [-0.2, 0) is 6.42 Å². The lowest BCUT2D eigenvalue weighted by molar-refractivity contribution is 0.348. The second kappa shape index (κ2) is 6.38. The Morgan fingerprint density at radius 3 is 2.48 bits per heavy atom. The minimum atomic E-state index is 0.0213. The molecule has 0 amide bonds. The lowest BCUT2D eigenvalue weighted by atomic mass is 9.89. The highest BCUT2D eigenvalue weighted by molar-refractivity contribution is 5.55. The van der Waals surface area contributed by atoms with Crippen molar-refractivity contribution in [3.63, 3.8) is 0 Å². The fourth-order valence-corrected chi connectivity index (χ4v) is 3.16. The van der Waals surface area contributed by atoms with Crippen LogP contribution < -0.4 is 19.5 Å². The molecule has 1 atom stereocenters. The van der Waals surface area contributed by atoms with E-state index in [4.69, 9.17) is 14.2 Å². The molecule has 0 spiro atoms. The normalized spacial score (nSPS) is 16.6. The average Bonchev–Trinajstić information content (AvgIpc) is 2.60. The Balaban J connectivity index is 2.08. The Kier molecular flexibility index (Phi) is 4.30. The summed E-state index contributed by atoms with van der Waals surface area (Å²) in [5.41, 5.74) is 3.34. The van der Waals surface area contributed by atoms with Crippen molar-refractivity contribution in [1.82, 2.24) is 5.32 Å². The summed E-state index contributed by atoms with van der Waals surface area (Å²) in [6.45, 7) is 0.838. The topological polar surface area (TPSA) is 60.0 Å². The highest BCUT2D eigenvalue weighted by Crippen LogP contribution is 2.41. The van der Waals surface area contributed by atoms with Gasteiger partial charge in [0.2, 0.25) is 0 Å². The van der Waals surface area contributed by atoms with Crippen molar-refractivity contribution in [1.29, 1.82) is 0 Å². The molecule has 2 N–H and O–H groups in total. The van der Waals surface area contributed by atoms with E-state index in [0.717, 1.165) is 41.2 Å². The Bertz CT molecular complexity index is 714. The van der Waals surface area contributed by atoms with Gasteiger partial charge in [0.15, 0.2) is 23.0 Å². The van der Waals surface area contributed by atoms with Gasteiger partial charge in [0, 0.05) is 12.1 Å². The first-order chi connectivity index (χ1) is 11.2. The number of aromatic hydroxyl groups is 1. The van der Waals surface area contributed by atoms with E-state index in [0.29, 0.717) is 5.75 Å². The molecule has 0 aliphatic carbocycles. The molecule has 0 saturated carbocycles. The van der Waals surface area contributed by atoms with Crippen LogP contribution in [0.25, 0.3) is 0 Å². The number of nitrogens with one attached hydrogen (secondary N) is 1. The molecule has 0 radical (unpaired) electrons. The van der Waals surface area contributed by atoms with E-state index in [9.17, 15) is 5.11 Å².